The lowest BCUT2D eigenvalue weighted by Crippen LogP contribution is -2.59. The van der Waals surface area contributed by atoms with Crippen molar-refractivity contribution in [3.8, 4) is 0 Å². The average Bonchev–Trinajstić information content (AvgIpc) is 3.04. The third kappa shape index (κ3) is 2.89. The van der Waals surface area contributed by atoms with Crippen molar-refractivity contribution in [1.29, 1.82) is 0 Å². The van der Waals surface area contributed by atoms with E-state index in [0.29, 0.717) is 25.8 Å². The zero-order valence-electron chi connectivity index (χ0n) is 11.6. The second kappa shape index (κ2) is 5.83. The molecule has 20 heavy (non-hydrogen) atoms. The molecule has 1 aliphatic rings. The number of nitrogens with one attached hydrogen (secondary N) is 1. The van der Waals surface area contributed by atoms with E-state index in [9.17, 15) is 13.2 Å². The van der Waals surface area contributed by atoms with Gasteiger partial charge in [0.25, 0.3) is 0 Å². The number of hydrogen-bond acceptors (Lipinski definition) is 6. The number of esters is 1. The summed E-state index contributed by atoms with van der Waals surface area (Å²) in [4.78, 5) is 13.3. The van der Waals surface area contributed by atoms with Gasteiger partial charge in [-0.05, 0) is 30.7 Å². The van der Waals surface area contributed by atoms with Crippen LogP contribution in [0.15, 0.2) is 17.5 Å². The van der Waals surface area contributed by atoms with Gasteiger partial charge in [-0.2, -0.15) is 0 Å². The van der Waals surface area contributed by atoms with Crippen LogP contribution >= 0.6 is 11.3 Å². The van der Waals surface area contributed by atoms with E-state index in [1.807, 2.05) is 17.5 Å². The molecule has 0 saturated heterocycles. The van der Waals surface area contributed by atoms with Crippen molar-refractivity contribution in [3.05, 3.63) is 22.4 Å². The third-order valence-electron chi connectivity index (χ3n) is 3.81. The predicted molar refractivity (Wildman–Crippen MR) is 78.4 cm³/mol. The zero-order valence-corrected chi connectivity index (χ0v) is 13.2. The summed E-state index contributed by atoms with van der Waals surface area (Å²) < 4.78 is 28.8. The molecular formula is C13H19NO4S2. The predicted octanol–water partition coefficient (Wildman–Crippen LogP) is 1.35. The van der Waals surface area contributed by atoms with Crippen molar-refractivity contribution in [2.45, 2.75) is 36.6 Å². The molecule has 0 aliphatic heterocycles. The molecule has 0 radical (unpaired) electrons. The standard InChI is InChI=1S/C13H19NO4S2/c1-18-12(15)13(14-9-10-5-4-8-19-10)7-3-6-11(13)20(2,16)17/h4-5,8,11,14H,3,6-7,9H2,1-2H3. The normalized spacial score (nSPS) is 26.6. The van der Waals surface area contributed by atoms with Gasteiger partial charge in [0.2, 0.25) is 0 Å². The number of ether oxygens (including phenoxy) is 1. The molecule has 1 heterocycles. The Morgan fingerprint density at radius 2 is 2.35 bits per heavy atom. The lowest BCUT2D eigenvalue weighted by Gasteiger charge is -2.32. The Balaban J connectivity index is 2.28. The summed E-state index contributed by atoms with van der Waals surface area (Å²) in [6.45, 7) is 0.471. The number of methoxy groups -OCH3 is 1. The van der Waals surface area contributed by atoms with E-state index in [-0.39, 0.29) is 0 Å². The Morgan fingerprint density at radius 3 is 2.90 bits per heavy atom. The summed E-state index contributed by atoms with van der Waals surface area (Å²) in [6.07, 6.45) is 2.87. The van der Waals surface area contributed by atoms with E-state index in [4.69, 9.17) is 4.74 Å². The van der Waals surface area contributed by atoms with Crippen molar-refractivity contribution < 1.29 is 17.9 Å². The first kappa shape index (κ1) is 15.5. The summed E-state index contributed by atoms with van der Waals surface area (Å²) >= 11 is 1.57. The smallest absolute Gasteiger partial charge is 0.327 e. The van der Waals surface area contributed by atoms with Gasteiger partial charge in [0.15, 0.2) is 9.84 Å². The van der Waals surface area contributed by atoms with Crippen LogP contribution in [0.1, 0.15) is 24.1 Å². The molecule has 7 heteroatoms. The van der Waals surface area contributed by atoms with Gasteiger partial charge in [-0.1, -0.05) is 6.07 Å². The van der Waals surface area contributed by atoms with Crippen LogP contribution < -0.4 is 5.32 Å². The maximum atomic E-state index is 12.2. The highest BCUT2D eigenvalue weighted by molar-refractivity contribution is 7.91. The van der Waals surface area contributed by atoms with Gasteiger partial charge in [0, 0.05) is 17.7 Å². The Labute approximate surface area is 123 Å². The maximum Gasteiger partial charge on any atom is 0.327 e. The number of rotatable bonds is 5. The molecule has 112 valence electrons. The van der Waals surface area contributed by atoms with E-state index in [1.165, 1.54) is 13.4 Å². The molecule has 0 bridgehead atoms. The quantitative estimate of drug-likeness (QED) is 0.830. The highest BCUT2D eigenvalue weighted by Crippen LogP contribution is 2.36. The van der Waals surface area contributed by atoms with Gasteiger partial charge in [-0.15, -0.1) is 11.3 Å². The molecular weight excluding hydrogens is 298 g/mol. The lowest BCUT2D eigenvalue weighted by atomic mass is 9.97. The summed E-state index contributed by atoms with van der Waals surface area (Å²) in [5.41, 5.74) is -1.12. The van der Waals surface area contributed by atoms with Crippen LogP contribution in [0.2, 0.25) is 0 Å². The minimum absolute atomic E-state index is 0.471. The fourth-order valence-corrected chi connectivity index (χ4v) is 5.17. The summed E-state index contributed by atoms with van der Waals surface area (Å²) in [7, 11) is -2.02. The molecule has 0 aromatic carbocycles. The number of carbonyl (C=O) groups excluding carboxylic acids is 1. The van der Waals surface area contributed by atoms with E-state index < -0.39 is 26.6 Å². The summed E-state index contributed by atoms with van der Waals surface area (Å²) in [5, 5.41) is 4.39. The Hall–Kier alpha value is -0.920. The molecule has 1 saturated carbocycles. The molecule has 1 fully saturated rings. The molecule has 2 rings (SSSR count). The van der Waals surface area contributed by atoms with Gasteiger partial charge in [0.05, 0.1) is 12.4 Å². The van der Waals surface area contributed by atoms with Gasteiger partial charge < -0.3 is 4.74 Å². The SMILES string of the molecule is COC(=O)C1(NCc2cccs2)CCCC1S(C)(=O)=O. The highest BCUT2D eigenvalue weighted by atomic mass is 32.2. The number of sulfone groups is 1. The number of thiophene rings is 1. The molecule has 1 aromatic heterocycles. The van der Waals surface area contributed by atoms with Gasteiger partial charge >= 0.3 is 5.97 Å². The number of carbonyl (C=O) groups is 1. The molecule has 1 aromatic rings. The van der Waals surface area contributed by atoms with E-state index >= 15 is 0 Å². The van der Waals surface area contributed by atoms with Crippen molar-refractivity contribution in [3.63, 3.8) is 0 Å². The van der Waals surface area contributed by atoms with Crippen LogP contribution in [-0.2, 0) is 25.9 Å². The van der Waals surface area contributed by atoms with Crippen LogP contribution in [-0.4, -0.2) is 38.5 Å². The van der Waals surface area contributed by atoms with Gasteiger partial charge in [0.1, 0.15) is 5.54 Å². The minimum atomic E-state index is -3.32. The van der Waals surface area contributed by atoms with Crippen molar-refractivity contribution >= 4 is 27.1 Å². The van der Waals surface area contributed by atoms with Crippen LogP contribution in [0.25, 0.3) is 0 Å². The second-order valence-electron chi connectivity index (χ2n) is 5.11. The first-order chi connectivity index (χ1) is 9.40. The topological polar surface area (TPSA) is 72.5 Å². The Kier molecular flexibility index (Phi) is 4.51. The summed E-state index contributed by atoms with van der Waals surface area (Å²) in [5.74, 6) is -0.484. The second-order valence-corrected chi connectivity index (χ2v) is 8.37. The Bertz CT molecular complexity index is 567. The van der Waals surface area contributed by atoms with E-state index in [0.717, 1.165) is 4.88 Å². The van der Waals surface area contributed by atoms with Crippen molar-refractivity contribution in [2.24, 2.45) is 0 Å². The van der Waals surface area contributed by atoms with Crippen LogP contribution in [0.5, 0.6) is 0 Å². The van der Waals surface area contributed by atoms with Crippen molar-refractivity contribution in [1.82, 2.24) is 5.32 Å². The van der Waals surface area contributed by atoms with Crippen LogP contribution in [0, 0.1) is 0 Å². The van der Waals surface area contributed by atoms with Crippen LogP contribution in [0.4, 0.5) is 0 Å². The van der Waals surface area contributed by atoms with E-state index in [2.05, 4.69) is 5.32 Å². The fourth-order valence-electron chi connectivity index (χ4n) is 2.90. The first-order valence-corrected chi connectivity index (χ1v) is 9.28. The molecule has 5 nitrogen and oxygen atoms in total. The fraction of sp³-hybridized carbons (Fsp3) is 0.615. The largest absolute Gasteiger partial charge is 0.468 e. The number of hydrogen-bond donors (Lipinski definition) is 1. The molecule has 2 unspecified atom stereocenters. The molecule has 1 N–H and O–H groups in total. The van der Waals surface area contributed by atoms with Gasteiger partial charge in [-0.25, -0.2) is 8.42 Å². The van der Waals surface area contributed by atoms with Gasteiger partial charge in [-0.3, -0.25) is 10.1 Å². The van der Waals surface area contributed by atoms with Crippen LogP contribution in [0.3, 0.4) is 0 Å². The lowest BCUT2D eigenvalue weighted by molar-refractivity contribution is -0.148. The molecule has 1 aliphatic carbocycles. The molecule has 2 atom stereocenters. The highest BCUT2D eigenvalue weighted by Gasteiger charge is 2.54. The first-order valence-electron chi connectivity index (χ1n) is 6.45. The van der Waals surface area contributed by atoms with Crippen molar-refractivity contribution in [2.75, 3.05) is 13.4 Å². The Morgan fingerprint density at radius 1 is 1.60 bits per heavy atom. The zero-order chi connectivity index (χ0) is 14.8. The molecule has 0 amide bonds. The maximum absolute atomic E-state index is 12.2. The minimum Gasteiger partial charge on any atom is -0.468 e. The third-order valence-corrected chi connectivity index (χ3v) is 6.36. The monoisotopic (exact) mass is 317 g/mol. The average molecular weight is 317 g/mol. The summed E-state index contributed by atoms with van der Waals surface area (Å²) in [6, 6.07) is 3.88. The molecule has 0 spiro atoms. The van der Waals surface area contributed by atoms with E-state index in [1.54, 1.807) is 11.3 Å².